The third-order valence-corrected chi connectivity index (χ3v) is 7.38. The summed E-state index contributed by atoms with van der Waals surface area (Å²) in [6, 6.07) is 0. The van der Waals surface area contributed by atoms with Crippen molar-refractivity contribution in [2.24, 2.45) is 0 Å². The Morgan fingerprint density at radius 1 is 0.895 bits per heavy atom. The Bertz CT molecular complexity index is 536. The maximum atomic E-state index is 3.68. The van der Waals surface area contributed by atoms with Crippen molar-refractivity contribution in [1.29, 1.82) is 0 Å². The molecule has 0 N–H and O–H groups in total. The Hall–Kier alpha value is 0.140. The van der Waals surface area contributed by atoms with Gasteiger partial charge in [0, 0.05) is 14.3 Å². The molecule has 0 nitrogen and oxygen atoms in total. The van der Waals surface area contributed by atoms with Crippen LogP contribution in [0, 0.1) is 13.8 Å². The molecule has 0 fully saturated rings. The normalized spacial score (nSPS) is 11.6. The molecule has 2 aromatic heterocycles. The lowest BCUT2D eigenvalue weighted by molar-refractivity contribution is 0.608. The highest BCUT2D eigenvalue weighted by Gasteiger charge is 2.15. The maximum absolute atomic E-state index is 3.68. The molecule has 0 atom stereocenters. The average Bonchev–Trinajstić information content (AvgIpc) is 2.83. The number of thiophene rings is 2. The topological polar surface area (TPSA) is 0 Å². The van der Waals surface area contributed by atoms with Gasteiger partial charge in [0.15, 0.2) is 0 Å². The van der Waals surface area contributed by atoms with E-state index in [9.17, 15) is 0 Å². The molecule has 106 valence electrons. The third kappa shape index (κ3) is 3.62. The molecule has 2 rings (SSSR count). The fourth-order valence-electron chi connectivity index (χ4n) is 2.54. The molecule has 0 aliphatic rings. The molecule has 0 spiro atoms. The van der Waals surface area contributed by atoms with Crippen molar-refractivity contribution >= 4 is 48.0 Å². The van der Waals surface area contributed by atoms with Crippen molar-refractivity contribution in [1.82, 2.24) is 0 Å². The number of fused-ring (bicyclic) bond motifs is 1. The van der Waals surface area contributed by atoms with E-state index in [2.05, 4.69) is 36.7 Å². The zero-order valence-electron chi connectivity index (χ0n) is 12.1. The second kappa shape index (κ2) is 7.24. The van der Waals surface area contributed by atoms with Crippen LogP contribution in [-0.2, 0) is 6.42 Å². The summed E-state index contributed by atoms with van der Waals surface area (Å²) in [7, 11) is 0. The van der Waals surface area contributed by atoms with E-state index in [-0.39, 0.29) is 0 Å². The van der Waals surface area contributed by atoms with Gasteiger partial charge in [-0.3, -0.25) is 0 Å². The van der Waals surface area contributed by atoms with Crippen LogP contribution in [0.3, 0.4) is 0 Å². The monoisotopic (exact) mass is 358 g/mol. The summed E-state index contributed by atoms with van der Waals surface area (Å²) in [4.78, 5) is 1.53. The highest BCUT2D eigenvalue weighted by Crippen LogP contribution is 2.43. The average molecular weight is 359 g/mol. The van der Waals surface area contributed by atoms with Crippen molar-refractivity contribution in [2.75, 3.05) is 0 Å². The summed E-state index contributed by atoms with van der Waals surface area (Å²) < 4.78 is 4.37. The first-order valence-electron chi connectivity index (χ1n) is 7.32. The van der Waals surface area contributed by atoms with Crippen LogP contribution < -0.4 is 0 Å². The fraction of sp³-hybridized carbons (Fsp3) is 0.625. The number of unbranched alkanes of at least 4 members (excludes halogenated alkanes) is 5. The maximum Gasteiger partial charge on any atom is 0.0748 e. The molecular formula is C16H23BrS2. The smallest absolute Gasteiger partial charge is 0.0748 e. The first kappa shape index (κ1) is 15.5. The molecule has 0 saturated heterocycles. The molecule has 3 heteroatoms. The van der Waals surface area contributed by atoms with Crippen molar-refractivity contribution in [2.45, 2.75) is 65.7 Å². The van der Waals surface area contributed by atoms with Crippen LogP contribution >= 0.6 is 38.6 Å². The fourth-order valence-corrected chi connectivity index (χ4v) is 5.90. The van der Waals surface area contributed by atoms with E-state index in [1.807, 2.05) is 22.7 Å². The Morgan fingerprint density at radius 2 is 1.58 bits per heavy atom. The van der Waals surface area contributed by atoms with E-state index in [1.54, 1.807) is 10.3 Å². The lowest BCUT2D eigenvalue weighted by Gasteiger charge is -2.01. The second-order valence-electron chi connectivity index (χ2n) is 5.31. The second-order valence-corrected chi connectivity index (χ2v) is 8.88. The van der Waals surface area contributed by atoms with Gasteiger partial charge in [0.25, 0.3) is 0 Å². The van der Waals surface area contributed by atoms with E-state index < -0.39 is 0 Å². The standard InChI is InChI=1S/C16H23BrS2/c1-4-5-6-7-8-9-10-13-12(3)18-14-11(2)16(17)19-15(13)14/h4-10H2,1-3H3. The number of rotatable bonds is 7. The van der Waals surface area contributed by atoms with E-state index >= 15 is 0 Å². The molecule has 19 heavy (non-hydrogen) atoms. The molecule has 0 amide bonds. The Kier molecular flexibility index (Phi) is 5.91. The molecular weight excluding hydrogens is 336 g/mol. The van der Waals surface area contributed by atoms with Crippen molar-refractivity contribution in [3.63, 3.8) is 0 Å². The van der Waals surface area contributed by atoms with Crippen molar-refractivity contribution in [3.05, 3.63) is 19.8 Å². The van der Waals surface area contributed by atoms with E-state index in [4.69, 9.17) is 0 Å². The summed E-state index contributed by atoms with van der Waals surface area (Å²) in [5.41, 5.74) is 3.05. The summed E-state index contributed by atoms with van der Waals surface area (Å²) >= 11 is 7.59. The zero-order chi connectivity index (χ0) is 13.8. The van der Waals surface area contributed by atoms with Crippen LogP contribution in [0.4, 0.5) is 0 Å². The number of hydrogen-bond donors (Lipinski definition) is 0. The zero-order valence-corrected chi connectivity index (χ0v) is 15.4. The van der Waals surface area contributed by atoms with Crippen LogP contribution in [0.2, 0.25) is 0 Å². The van der Waals surface area contributed by atoms with Gasteiger partial charge in [-0.25, -0.2) is 0 Å². The van der Waals surface area contributed by atoms with Crippen molar-refractivity contribution in [3.8, 4) is 0 Å². The van der Waals surface area contributed by atoms with Crippen LogP contribution in [0.15, 0.2) is 3.79 Å². The molecule has 2 heterocycles. The third-order valence-electron chi connectivity index (χ3n) is 3.77. The summed E-state index contributed by atoms with van der Waals surface area (Å²) in [6.45, 7) is 6.80. The lowest BCUT2D eigenvalue weighted by Crippen LogP contribution is -1.86. The summed E-state index contributed by atoms with van der Waals surface area (Å²) in [6.07, 6.45) is 9.58. The first-order chi connectivity index (χ1) is 9.15. The molecule has 0 bridgehead atoms. The van der Waals surface area contributed by atoms with Gasteiger partial charge >= 0.3 is 0 Å². The van der Waals surface area contributed by atoms with Crippen LogP contribution in [0.25, 0.3) is 9.40 Å². The lowest BCUT2D eigenvalue weighted by atomic mass is 10.1. The van der Waals surface area contributed by atoms with Gasteiger partial charge < -0.3 is 0 Å². The first-order valence-corrected chi connectivity index (χ1v) is 9.74. The van der Waals surface area contributed by atoms with E-state index in [0.717, 1.165) is 0 Å². The highest BCUT2D eigenvalue weighted by molar-refractivity contribution is 9.11. The molecule has 0 aromatic carbocycles. The number of halogens is 1. The van der Waals surface area contributed by atoms with Gasteiger partial charge in [-0.1, -0.05) is 39.0 Å². The van der Waals surface area contributed by atoms with Gasteiger partial charge in [0.2, 0.25) is 0 Å². The Labute approximate surface area is 133 Å². The van der Waals surface area contributed by atoms with Crippen LogP contribution in [-0.4, -0.2) is 0 Å². The molecule has 0 saturated carbocycles. The largest absolute Gasteiger partial charge is 0.139 e. The molecule has 0 unspecified atom stereocenters. The minimum atomic E-state index is 1.27. The molecule has 0 radical (unpaired) electrons. The minimum absolute atomic E-state index is 1.27. The van der Waals surface area contributed by atoms with Crippen LogP contribution in [0.5, 0.6) is 0 Å². The Morgan fingerprint density at radius 3 is 2.32 bits per heavy atom. The van der Waals surface area contributed by atoms with Gasteiger partial charge in [-0.05, 0) is 53.7 Å². The van der Waals surface area contributed by atoms with Gasteiger partial charge in [-0.15, -0.1) is 22.7 Å². The molecule has 2 aromatic rings. The predicted molar refractivity (Wildman–Crippen MR) is 94.0 cm³/mol. The number of hydrogen-bond acceptors (Lipinski definition) is 2. The highest BCUT2D eigenvalue weighted by atomic mass is 79.9. The predicted octanol–water partition coefficient (Wildman–Crippen LogP) is 7.25. The summed E-state index contributed by atoms with van der Waals surface area (Å²) in [5.74, 6) is 0. The van der Waals surface area contributed by atoms with Crippen molar-refractivity contribution < 1.29 is 0 Å². The molecule has 0 aliphatic carbocycles. The molecule has 0 aliphatic heterocycles. The number of aryl methyl sites for hydroxylation is 3. The van der Waals surface area contributed by atoms with E-state index in [1.165, 1.54) is 63.9 Å². The van der Waals surface area contributed by atoms with Gasteiger partial charge in [0.05, 0.1) is 3.79 Å². The SMILES string of the molecule is CCCCCCCCc1c(C)sc2c(C)c(Br)sc12. The summed E-state index contributed by atoms with van der Waals surface area (Å²) in [5, 5.41) is 0. The minimum Gasteiger partial charge on any atom is -0.139 e. The van der Waals surface area contributed by atoms with Crippen LogP contribution in [0.1, 0.15) is 61.5 Å². The van der Waals surface area contributed by atoms with E-state index in [0.29, 0.717) is 0 Å². The van der Waals surface area contributed by atoms with Gasteiger partial charge in [0.1, 0.15) is 0 Å². The quantitative estimate of drug-likeness (QED) is 0.457. The van der Waals surface area contributed by atoms with Gasteiger partial charge in [-0.2, -0.15) is 0 Å². The Balaban J connectivity index is 1.96.